The Hall–Kier alpha value is -8.41. The number of aliphatic imine (C=N–C) groups is 1. The number of anilines is 1. The van der Waals surface area contributed by atoms with Crippen LogP contribution in [0.15, 0.2) is 223 Å². The van der Waals surface area contributed by atoms with Gasteiger partial charge in [-0.2, -0.15) is 0 Å². The Labute approximate surface area is 403 Å². The van der Waals surface area contributed by atoms with Gasteiger partial charge in [-0.1, -0.05) is 140 Å². The van der Waals surface area contributed by atoms with Crippen molar-refractivity contribution in [2.75, 3.05) is 11.4 Å². The Kier molecular flexibility index (Phi) is 10.8. The van der Waals surface area contributed by atoms with E-state index in [-0.39, 0.29) is 11.5 Å². The molecule has 0 fully saturated rings. The average Bonchev–Trinajstić information content (AvgIpc) is 3.62. The third kappa shape index (κ3) is 7.86. The lowest BCUT2D eigenvalue weighted by Gasteiger charge is -2.30. The SMILES string of the molecule is CC1=C(c2cc(-c3cccc(CCC4Cc5ccccc5-c5ccccc54)c3)cc(-c3cccc(-n4c5ccccc5c5ccccc54)c3)c2)N(c2ccccc2)C(c2cc(O)cc(O)c2)=NCC1. The molecular formula is C64H51N3O2. The van der Waals surface area contributed by atoms with Gasteiger partial charge in [0.05, 0.1) is 16.7 Å². The molecule has 5 heteroatoms. The lowest BCUT2D eigenvalue weighted by Crippen LogP contribution is -2.30. The molecule has 10 aromatic rings. The lowest BCUT2D eigenvalue weighted by atomic mass is 9.76. The van der Waals surface area contributed by atoms with Crippen molar-refractivity contribution in [1.29, 1.82) is 0 Å². The van der Waals surface area contributed by atoms with E-state index in [2.05, 4.69) is 192 Å². The van der Waals surface area contributed by atoms with Gasteiger partial charge in [0.15, 0.2) is 0 Å². The predicted molar refractivity (Wildman–Crippen MR) is 286 cm³/mol. The molecule has 334 valence electrons. The van der Waals surface area contributed by atoms with Crippen molar-refractivity contribution in [3.63, 3.8) is 0 Å². The summed E-state index contributed by atoms with van der Waals surface area (Å²) in [5, 5.41) is 24.0. The van der Waals surface area contributed by atoms with Gasteiger partial charge in [0.2, 0.25) is 0 Å². The number of rotatable bonds is 9. The van der Waals surface area contributed by atoms with Crippen molar-refractivity contribution in [3.05, 3.63) is 246 Å². The van der Waals surface area contributed by atoms with Gasteiger partial charge >= 0.3 is 0 Å². The lowest BCUT2D eigenvalue weighted by molar-refractivity contribution is 0.450. The van der Waals surface area contributed by atoms with Crippen LogP contribution in [-0.2, 0) is 12.8 Å². The molecule has 0 spiro atoms. The molecule has 0 saturated heterocycles. The molecule has 0 bridgehead atoms. The van der Waals surface area contributed by atoms with Crippen LogP contribution in [0.1, 0.15) is 53.5 Å². The predicted octanol–water partition coefficient (Wildman–Crippen LogP) is 15.6. The van der Waals surface area contributed by atoms with Crippen LogP contribution < -0.4 is 4.90 Å². The van der Waals surface area contributed by atoms with Gasteiger partial charge in [-0.15, -0.1) is 0 Å². The third-order valence-corrected chi connectivity index (χ3v) is 14.2. The Morgan fingerprint density at radius 3 is 1.87 bits per heavy atom. The molecule has 69 heavy (non-hydrogen) atoms. The number of aryl methyl sites for hydroxylation is 1. The number of para-hydroxylation sites is 3. The van der Waals surface area contributed by atoms with Gasteiger partial charge in [-0.25, -0.2) is 0 Å². The molecule has 2 heterocycles. The minimum absolute atomic E-state index is 0.0166. The first-order chi connectivity index (χ1) is 33.9. The standard InChI is InChI=1S/C64H51N3O2/c1-42-31-32-65-64(51-39-54(68)41-55(69)40-51)67(52-19-3-2-4-20-52)63(42)50-36-48(44-17-13-15-43(33-44)29-30-47-34-46-16-5-6-22-56(46)58-24-8-7-23-57(47)58)35-49(37-50)45-18-14-21-53(38-45)66-61-27-11-9-25-59(61)60-26-10-12-28-62(60)66/h2-28,33,35-41,47,68-69H,29-32,34H2,1H3. The van der Waals surface area contributed by atoms with Gasteiger partial charge in [0.1, 0.15) is 17.3 Å². The minimum atomic E-state index is -0.0166. The largest absolute Gasteiger partial charge is 0.508 e. The fraction of sp³-hybridized carbons (Fsp3) is 0.109. The molecule has 0 saturated carbocycles. The van der Waals surface area contributed by atoms with E-state index in [1.807, 2.05) is 18.2 Å². The highest BCUT2D eigenvalue weighted by Gasteiger charge is 2.28. The second-order valence-corrected chi connectivity index (χ2v) is 18.6. The first kappa shape index (κ1) is 42.0. The van der Waals surface area contributed by atoms with Gasteiger partial charge in [0, 0.05) is 40.3 Å². The zero-order valence-electron chi connectivity index (χ0n) is 38.6. The second-order valence-electron chi connectivity index (χ2n) is 18.6. The molecule has 0 amide bonds. The fourth-order valence-electron chi connectivity index (χ4n) is 11.0. The molecule has 1 unspecified atom stereocenters. The number of aromatic hydroxyl groups is 2. The molecular weight excluding hydrogens is 843 g/mol. The third-order valence-electron chi connectivity index (χ3n) is 14.2. The molecule has 1 aliphatic heterocycles. The molecule has 2 N–H and O–H groups in total. The van der Waals surface area contributed by atoms with Gasteiger partial charge in [-0.3, -0.25) is 9.89 Å². The van der Waals surface area contributed by atoms with Gasteiger partial charge in [0.25, 0.3) is 0 Å². The number of hydrogen-bond donors (Lipinski definition) is 2. The topological polar surface area (TPSA) is 61.0 Å². The van der Waals surface area contributed by atoms with E-state index >= 15 is 0 Å². The number of phenols is 2. The van der Waals surface area contributed by atoms with Crippen LogP contribution in [0, 0.1) is 0 Å². The molecule has 1 aromatic heterocycles. The highest BCUT2D eigenvalue weighted by molar-refractivity contribution is 6.18. The molecule has 1 atom stereocenters. The van der Waals surface area contributed by atoms with Crippen LogP contribution in [0.4, 0.5) is 5.69 Å². The smallest absolute Gasteiger partial charge is 0.140 e. The number of phenolic OH excluding ortho intramolecular Hbond substituents is 2. The quantitative estimate of drug-likeness (QED) is 0.152. The Morgan fingerprint density at radius 2 is 1.12 bits per heavy atom. The maximum Gasteiger partial charge on any atom is 0.140 e. The van der Waals surface area contributed by atoms with Crippen LogP contribution in [0.5, 0.6) is 11.5 Å². The summed E-state index contributed by atoms with van der Waals surface area (Å²) < 4.78 is 2.38. The van der Waals surface area contributed by atoms with Crippen molar-refractivity contribution >= 4 is 39.0 Å². The van der Waals surface area contributed by atoms with Crippen molar-refractivity contribution in [2.45, 2.75) is 38.5 Å². The minimum Gasteiger partial charge on any atom is -0.508 e. The summed E-state index contributed by atoms with van der Waals surface area (Å²) in [4.78, 5) is 7.40. The van der Waals surface area contributed by atoms with E-state index in [1.54, 1.807) is 12.1 Å². The number of benzene rings is 9. The van der Waals surface area contributed by atoms with E-state index < -0.39 is 0 Å². The van der Waals surface area contributed by atoms with Gasteiger partial charge in [-0.05, 0) is 166 Å². The first-order valence-corrected chi connectivity index (χ1v) is 24.1. The zero-order valence-corrected chi connectivity index (χ0v) is 38.6. The number of fused-ring (bicyclic) bond motifs is 6. The van der Waals surface area contributed by atoms with Crippen LogP contribution in [0.2, 0.25) is 0 Å². The normalized spacial score (nSPS) is 14.7. The number of amidine groups is 1. The number of aromatic nitrogens is 1. The number of nitrogens with zero attached hydrogens (tertiary/aromatic N) is 3. The maximum absolute atomic E-state index is 10.8. The summed E-state index contributed by atoms with van der Waals surface area (Å²) in [6, 6.07) is 75.4. The van der Waals surface area contributed by atoms with E-state index in [1.165, 1.54) is 61.3 Å². The van der Waals surface area contributed by atoms with E-state index in [0.717, 1.165) is 70.6 Å². The summed E-state index contributed by atoms with van der Waals surface area (Å²) in [5.74, 6) is 1.07. The Balaban J connectivity index is 0.999. The fourth-order valence-corrected chi connectivity index (χ4v) is 11.0. The van der Waals surface area contributed by atoms with Crippen molar-refractivity contribution < 1.29 is 10.2 Å². The summed E-state index contributed by atoms with van der Waals surface area (Å²) in [6.45, 7) is 2.76. The van der Waals surface area contributed by atoms with Crippen LogP contribution in [-0.4, -0.2) is 27.2 Å². The molecule has 5 nitrogen and oxygen atoms in total. The molecule has 2 aliphatic rings. The van der Waals surface area contributed by atoms with Crippen molar-refractivity contribution in [3.8, 4) is 50.6 Å². The molecule has 9 aromatic carbocycles. The Morgan fingerprint density at radius 1 is 0.507 bits per heavy atom. The van der Waals surface area contributed by atoms with Crippen LogP contribution >= 0.6 is 0 Å². The van der Waals surface area contributed by atoms with E-state index in [4.69, 9.17) is 4.99 Å². The van der Waals surface area contributed by atoms with Crippen molar-refractivity contribution in [2.24, 2.45) is 4.99 Å². The molecule has 1 aliphatic carbocycles. The maximum atomic E-state index is 10.8. The average molecular weight is 894 g/mol. The monoisotopic (exact) mass is 893 g/mol. The summed E-state index contributed by atoms with van der Waals surface area (Å²) >= 11 is 0. The second kappa shape index (κ2) is 17.7. The van der Waals surface area contributed by atoms with E-state index in [9.17, 15) is 10.2 Å². The number of hydrogen-bond acceptors (Lipinski definition) is 4. The highest BCUT2D eigenvalue weighted by Crippen LogP contribution is 2.43. The van der Waals surface area contributed by atoms with Crippen molar-refractivity contribution in [1.82, 2.24) is 4.57 Å². The molecule has 12 rings (SSSR count). The summed E-state index contributed by atoms with van der Waals surface area (Å²) in [6.07, 6.45) is 3.80. The van der Waals surface area contributed by atoms with Crippen LogP contribution in [0.3, 0.4) is 0 Å². The van der Waals surface area contributed by atoms with Gasteiger partial charge < -0.3 is 14.8 Å². The zero-order chi connectivity index (χ0) is 46.4. The van der Waals surface area contributed by atoms with E-state index in [0.29, 0.717) is 23.9 Å². The first-order valence-electron chi connectivity index (χ1n) is 24.1. The Bertz CT molecular complexity index is 3580. The molecule has 0 radical (unpaired) electrons. The van der Waals surface area contributed by atoms with Crippen LogP contribution in [0.25, 0.3) is 66.6 Å². The summed E-state index contributed by atoms with van der Waals surface area (Å²) in [7, 11) is 0. The highest BCUT2D eigenvalue weighted by atomic mass is 16.3. The summed E-state index contributed by atoms with van der Waals surface area (Å²) in [5.41, 5.74) is 19.7.